The summed E-state index contributed by atoms with van der Waals surface area (Å²) in [4.78, 5) is 10.8. The van der Waals surface area contributed by atoms with Crippen molar-refractivity contribution in [2.75, 3.05) is 78.5 Å². The number of nitrogens with two attached hydrogens (primary N) is 4. The average Bonchev–Trinajstić information content (AvgIpc) is 3.07. The van der Waals surface area contributed by atoms with Crippen LogP contribution in [0.15, 0.2) is 60.7 Å². The van der Waals surface area contributed by atoms with Gasteiger partial charge in [-0.05, 0) is 12.1 Å². The fourth-order valence-electron chi connectivity index (χ4n) is 7.27. The van der Waals surface area contributed by atoms with Gasteiger partial charge < -0.3 is 167 Å². The summed E-state index contributed by atoms with van der Waals surface area (Å²) in [6.45, 7) is 17.0. The lowest BCUT2D eigenvalue weighted by molar-refractivity contribution is -0.917. The van der Waals surface area contributed by atoms with Gasteiger partial charge in [-0.2, -0.15) is 0 Å². The molecule has 2 aliphatic heterocycles. The molecule has 0 amide bonds. The Kier molecular flexibility index (Phi) is 43.9. The standard InChI is InChI=1S/C38H58N8.8BrH/c1-7-35-15-23-39-19-3-27-45(28-4-20-40-24-16-36(8-1)43-35)31-33-11-13-34(14-12-33)32-46-29-5-21-41-25-17-37-9-2-10-38(44-37)18-26-42-22-6-30-46;;;;;;;;/h1-2,7-14,39-42H,3-6,15-32H2;8*1H. The topological polar surface area (TPSA) is 104 Å². The molecule has 1 aromatic carbocycles. The number of nitrogens with one attached hydrogen (secondary N) is 4. The molecule has 314 valence electrons. The van der Waals surface area contributed by atoms with Crippen molar-refractivity contribution in [2.24, 2.45) is 0 Å². The van der Waals surface area contributed by atoms with Crippen LogP contribution in [0.4, 0.5) is 0 Å². The molecule has 0 spiro atoms. The highest BCUT2D eigenvalue weighted by Gasteiger charge is 2.15. The molecule has 4 bridgehead atoms. The maximum Gasteiger partial charge on any atom is 0.185 e. The van der Waals surface area contributed by atoms with Crippen molar-refractivity contribution >= 4 is 0 Å². The Morgan fingerprint density at radius 3 is 0.889 bits per heavy atom. The maximum absolute atomic E-state index is 3.66. The maximum atomic E-state index is 3.66. The van der Waals surface area contributed by atoms with Crippen LogP contribution in [-0.4, -0.2) is 78.5 Å². The van der Waals surface area contributed by atoms with Gasteiger partial charge in [-0.15, -0.1) is 0 Å². The summed E-state index contributed by atoms with van der Waals surface area (Å²) in [5.74, 6) is 0. The number of halogens is 8. The summed E-state index contributed by atoms with van der Waals surface area (Å²) in [5.41, 5.74) is 8.53. The van der Waals surface area contributed by atoms with Crippen LogP contribution in [0.25, 0.3) is 0 Å². The molecule has 0 unspecified atom stereocenters. The second-order valence-electron chi connectivity index (χ2n) is 14.0. The van der Waals surface area contributed by atoms with Crippen LogP contribution in [0.1, 0.15) is 59.6 Å². The number of hydrogen-bond acceptors (Lipinski definition) is 0. The Hall–Kier alpha value is 1.12. The minimum absolute atomic E-state index is 0. The predicted molar refractivity (Wildman–Crippen MR) is 181 cm³/mol. The molecule has 8 nitrogen and oxygen atoms in total. The highest BCUT2D eigenvalue weighted by molar-refractivity contribution is 5.21. The molecule has 2 aliphatic rings. The van der Waals surface area contributed by atoms with Crippen molar-refractivity contribution in [1.29, 1.82) is 0 Å². The van der Waals surface area contributed by atoms with Crippen LogP contribution in [0, 0.1) is 0 Å². The minimum atomic E-state index is 0. The molecule has 2 aromatic heterocycles. The second kappa shape index (κ2) is 38.3. The third-order valence-electron chi connectivity index (χ3n) is 9.99. The number of rotatable bonds is 4. The summed E-state index contributed by atoms with van der Waals surface area (Å²) < 4.78 is 0. The Bertz CT molecular complexity index is 1120. The minimum Gasteiger partial charge on any atom is -1.00 e. The largest absolute Gasteiger partial charge is 1.00 e. The van der Waals surface area contributed by atoms with Crippen LogP contribution >= 0.6 is 0 Å². The molecule has 16 heteroatoms. The lowest BCUT2D eigenvalue weighted by Crippen LogP contribution is -3.11. The van der Waals surface area contributed by atoms with Gasteiger partial charge in [0.25, 0.3) is 0 Å². The SMILES string of the molecule is [Br-].[Br-].[Br-].[Br-].[Br-].[Br-].[Br-].[Br-].c1cc2[nH+]c(c1)CC[NH2+]CCC[NH+](Cc1ccc(C[NH+]3CCC[NH2+]CCc4cccc([nH+]4)CC[NH2+]CCC3)cc1)CCC[NH2+]CC2. The van der Waals surface area contributed by atoms with E-state index in [-0.39, 0.29) is 136 Å². The van der Waals surface area contributed by atoms with Gasteiger partial charge in [-0.3, -0.25) is 0 Å². The number of pyridine rings is 2. The van der Waals surface area contributed by atoms with E-state index in [2.05, 4.69) is 91.9 Å². The number of aromatic amines is 2. The van der Waals surface area contributed by atoms with Crippen molar-refractivity contribution in [2.45, 2.75) is 64.5 Å². The number of quaternary nitrogens is 6. The van der Waals surface area contributed by atoms with E-state index in [1.165, 1.54) is 138 Å². The third-order valence-corrected chi connectivity index (χ3v) is 9.99. The number of aromatic nitrogens is 2. The molecular weight excluding hydrogens is 1210 g/mol. The first-order chi connectivity index (χ1) is 22.8. The first-order valence-corrected chi connectivity index (χ1v) is 18.8. The molecule has 5 rings (SSSR count). The smallest absolute Gasteiger partial charge is 0.185 e. The fraction of sp³-hybridized carbons (Fsp3) is 0.579. The van der Waals surface area contributed by atoms with Crippen molar-refractivity contribution in [3.63, 3.8) is 0 Å². The lowest BCUT2D eigenvalue weighted by Gasteiger charge is -2.21. The highest BCUT2D eigenvalue weighted by atomic mass is 79.9. The molecule has 3 aromatic rings. The molecule has 4 heterocycles. The van der Waals surface area contributed by atoms with E-state index in [0.717, 1.165) is 38.8 Å². The summed E-state index contributed by atoms with van der Waals surface area (Å²) in [7, 11) is 0. The zero-order valence-corrected chi connectivity index (χ0v) is 44.4. The van der Waals surface area contributed by atoms with Gasteiger partial charge in [0.1, 0.15) is 13.1 Å². The number of fused-ring (bicyclic) bond motifs is 4. The van der Waals surface area contributed by atoms with Crippen molar-refractivity contribution in [1.82, 2.24) is 0 Å². The van der Waals surface area contributed by atoms with Gasteiger partial charge in [-0.25, -0.2) is 9.97 Å². The van der Waals surface area contributed by atoms with Crippen LogP contribution in [0.2, 0.25) is 0 Å². The van der Waals surface area contributed by atoms with Gasteiger partial charge in [-0.1, -0.05) is 24.3 Å². The fourth-order valence-corrected chi connectivity index (χ4v) is 7.27. The summed E-state index contributed by atoms with van der Waals surface area (Å²) in [6.07, 6.45) is 9.68. The Morgan fingerprint density at radius 2 is 0.630 bits per heavy atom. The summed E-state index contributed by atoms with van der Waals surface area (Å²) in [6, 6.07) is 23.2. The van der Waals surface area contributed by atoms with E-state index >= 15 is 0 Å². The molecule has 0 atom stereocenters. The van der Waals surface area contributed by atoms with E-state index in [9.17, 15) is 0 Å². The highest BCUT2D eigenvalue weighted by Crippen LogP contribution is 2.03. The van der Waals surface area contributed by atoms with Crippen molar-refractivity contribution < 1.29 is 177 Å². The van der Waals surface area contributed by atoms with Crippen LogP contribution in [0.3, 0.4) is 0 Å². The summed E-state index contributed by atoms with van der Waals surface area (Å²) >= 11 is 0. The van der Waals surface area contributed by atoms with Gasteiger partial charge in [0.15, 0.2) is 22.8 Å². The molecular formula is C38H66Br8N8. The summed E-state index contributed by atoms with van der Waals surface area (Å²) in [5, 5.41) is 10.1. The number of hydrogen-bond donors (Lipinski definition) is 6. The van der Waals surface area contributed by atoms with Gasteiger partial charge >= 0.3 is 0 Å². The zero-order chi connectivity index (χ0) is 31.5. The molecule has 54 heavy (non-hydrogen) atoms. The van der Waals surface area contributed by atoms with Crippen molar-refractivity contribution in [3.8, 4) is 0 Å². The van der Waals surface area contributed by atoms with Gasteiger partial charge in [0, 0.05) is 61.1 Å². The third kappa shape index (κ3) is 25.6. The Balaban J connectivity index is -0.00000156. The van der Waals surface area contributed by atoms with E-state index in [1.807, 2.05) is 0 Å². The normalized spacial score (nSPS) is 16.9. The second-order valence-corrected chi connectivity index (χ2v) is 14.0. The molecule has 0 saturated heterocycles. The van der Waals surface area contributed by atoms with Crippen LogP contribution in [-0.2, 0) is 38.8 Å². The molecule has 0 saturated carbocycles. The predicted octanol–water partition coefficient (Wildman–Crippen LogP) is -28.5. The van der Waals surface area contributed by atoms with E-state index in [1.54, 1.807) is 9.80 Å². The molecule has 0 aliphatic carbocycles. The van der Waals surface area contributed by atoms with E-state index in [0.29, 0.717) is 0 Å². The number of benzene rings is 1. The van der Waals surface area contributed by atoms with Gasteiger partial charge in [0.05, 0.1) is 104 Å². The molecule has 0 fully saturated rings. The Morgan fingerprint density at radius 1 is 0.370 bits per heavy atom. The molecule has 12 N–H and O–H groups in total. The lowest BCUT2D eigenvalue weighted by atomic mass is 10.1. The molecule has 0 radical (unpaired) electrons. The first kappa shape index (κ1) is 61.8. The van der Waals surface area contributed by atoms with Crippen LogP contribution < -0.4 is 177 Å². The van der Waals surface area contributed by atoms with E-state index < -0.39 is 0 Å². The van der Waals surface area contributed by atoms with Crippen molar-refractivity contribution in [3.05, 3.63) is 94.6 Å². The average molecular weight is 1270 g/mol. The monoisotopic (exact) mass is 1270 g/mol. The zero-order valence-electron chi connectivity index (χ0n) is 31.7. The first-order valence-electron chi connectivity index (χ1n) is 18.8. The van der Waals surface area contributed by atoms with Crippen LogP contribution in [0.5, 0.6) is 0 Å². The van der Waals surface area contributed by atoms with E-state index in [4.69, 9.17) is 0 Å². The quantitative estimate of drug-likeness (QED) is 0.150. The number of H-pyrrole nitrogens is 2. The Labute approximate surface area is 410 Å². The van der Waals surface area contributed by atoms with Gasteiger partial charge in [0.2, 0.25) is 0 Å².